The summed E-state index contributed by atoms with van der Waals surface area (Å²) in [5.41, 5.74) is 3.52. The number of piperidine rings is 1. The second-order valence-electron chi connectivity index (χ2n) is 8.14. The van der Waals surface area contributed by atoms with Crippen LogP contribution in [0.5, 0.6) is 0 Å². The number of hydrogen-bond donors (Lipinski definition) is 2. The summed E-state index contributed by atoms with van der Waals surface area (Å²) in [7, 11) is 0. The Morgan fingerprint density at radius 2 is 2.14 bits per heavy atom. The highest BCUT2D eigenvalue weighted by Crippen LogP contribution is 2.22. The molecule has 4 rings (SSSR count). The van der Waals surface area contributed by atoms with Crippen LogP contribution in [0.4, 0.5) is 0 Å². The number of nitrogens with one attached hydrogen (secondary N) is 2. The first-order chi connectivity index (χ1) is 13.7. The number of likely N-dealkylation sites (tertiary alicyclic amines) is 1. The summed E-state index contributed by atoms with van der Waals surface area (Å²) in [6, 6.07) is 0. The summed E-state index contributed by atoms with van der Waals surface area (Å²) >= 11 is 0. The molecule has 1 aliphatic carbocycles. The molecular formula is C19H30N8O. The number of aryl methyl sites for hydroxylation is 2. The number of aromatic nitrogens is 6. The van der Waals surface area contributed by atoms with E-state index in [2.05, 4.69) is 42.9 Å². The molecule has 2 aromatic heterocycles. The van der Waals surface area contributed by atoms with Crippen LogP contribution in [0.3, 0.4) is 0 Å². The van der Waals surface area contributed by atoms with Crippen LogP contribution in [0.2, 0.25) is 0 Å². The third kappa shape index (κ3) is 4.57. The standard InChI is InChI=1S/C19H30N8O/c1-14-7-10-26(11-8-14)13-18-23-24-25-27(18)9-3-6-19(28)20-12-17-15-4-2-5-16(15)21-22-17/h14H,2-13H2,1H3,(H,20,28)(H,21,22). The van der Waals surface area contributed by atoms with Gasteiger partial charge in [0.2, 0.25) is 5.91 Å². The topological polar surface area (TPSA) is 105 Å². The van der Waals surface area contributed by atoms with Gasteiger partial charge in [-0.15, -0.1) is 5.10 Å². The maximum Gasteiger partial charge on any atom is 0.220 e. The summed E-state index contributed by atoms with van der Waals surface area (Å²) in [6.45, 7) is 6.48. The zero-order chi connectivity index (χ0) is 19.3. The number of rotatable bonds is 8. The minimum absolute atomic E-state index is 0.0504. The van der Waals surface area contributed by atoms with Crippen molar-refractivity contribution in [3.8, 4) is 0 Å². The predicted octanol–water partition coefficient (Wildman–Crippen LogP) is 1.21. The van der Waals surface area contributed by atoms with Crippen molar-refractivity contribution in [3.63, 3.8) is 0 Å². The molecule has 2 N–H and O–H groups in total. The first-order valence-electron chi connectivity index (χ1n) is 10.5. The third-order valence-electron chi connectivity index (χ3n) is 5.97. The summed E-state index contributed by atoms with van der Waals surface area (Å²) in [5.74, 6) is 1.75. The molecule has 0 aromatic carbocycles. The molecule has 0 atom stereocenters. The van der Waals surface area contributed by atoms with E-state index in [1.165, 1.54) is 30.5 Å². The number of nitrogens with zero attached hydrogens (tertiary/aromatic N) is 6. The summed E-state index contributed by atoms with van der Waals surface area (Å²) in [6.07, 6.45) is 6.97. The highest BCUT2D eigenvalue weighted by Gasteiger charge is 2.19. The van der Waals surface area contributed by atoms with Crippen LogP contribution >= 0.6 is 0 Å². The lowest BCUT2D eigenvalue weighted by molar-refractivity contribution is -0.121. The van der Waals surface area contributed by atoms with Crippen LogP contribution < -0.4 is 5.32 Å². The van der Waals surface area contributed by atoms with Gasteiger partial charge < -0.3 is 5.32 Å². The van der Waals surface area contributed by atoms with E-state index in [0.29, 0.717) is 19.5 Å². The van der Waals surface area contributed by atoms with E-state index >= 15 is 0 Å². The van der Waals surface area contributed by atoms with Gasteiger partial charge in [0, 0.05) is 18.7 Å². The maximum atomic E-state index is 12.2. The van der Waals surface area contributed by atoms with Crippen molar-refractivity contribution in [2.45, 2.75) is 71.5 Å². The Kier molecular flexibility index (Phi) is 5.99. The molecule has 0 spiro atoms. The van der Waals surface area contributed by atoms with Gasteiger partial charge in [-0.2, -0.15) is 5.10 Å². The molecule has 9 heteroatoms. The van der Waals surface area contributed by atoms with Crippen LogP contribution in [-0.4, -0.2) is 54.3 Å². The second kappa shape index (κ2) is 8.81. The van der Waals surface area contributed by atoms with E-state index in [9.17, 15) is 4.79 Å². The molecular weight excluding hydrogens is 356 g/mol. The van der Waals surface area contributed by atoms with Gasteiger partial charge in [-0.3, -0.25) is 14.8 Å². The summed E-state index contributed by atoms with van der Waals surface area (Å²) in [4.78, 5) is 14.6. The van der Waals surface area contributed by atoms with Gasteiger partial charge in [-0.25, -0.2) is 4.68 Å². The molecule has 1 fully saturated rings. The minimum Gasteiger partial charge on any atom is -0.350 e. The largest absolute Gasteiger partial charge is 0.350 e. The van der Waals surface area contributed by atoms with Crippen LogP contribution in [0, 0.1) is 5.92 Å². The number of hydrogen-bond acceptors (Lipinski definition) is 6. The van der Waals surface area contributed by atoms with E-state index in [-0.39, 0.29) is 5.91 Å². The minimum atomic E-state index is 0.0504. The summed E-state index contributed by atoms with van der Waals surface area (Å²) in [5, 5.41) is 22.5. The average molecular weight is 387 g/mol. The first-order valence-corrected chi connectivity index (χ1v) is 10.5. The normalized spacial score (nSPS) is 17.8. The van der Waals surface area contributed by atoms with Crippen molar-refractivity contribution in [2.24, 2.45) is 5.92 Å². The molecule has 1 aliphatic heterocycles. The number of carbonyl (C=O) groups excluding carboxylic acids is 1. The fourth-order valence-corrected chi connectivity index (χ4v) is 4.12. The molecule has 152 valence electrons. The van der Waals surface area contributed by atoms with Crippen molar-refractivity contribution < 1.29 is 4.79 Å². The fourth-order valence-electron chi connectivity index (χ4n) is 4.12. The van der Waals surface area contributed by atoms with Gasteiger partial charge in [-0.05, 0) is 73.5 Å². The number of fused-ring (bicyclic) bond motifs is 1. The Balaban J connectivity index is 1.19. The molecule has 0 bridgehead atoms. The highest BCUT2D eigenvalue weighted by atomic mass is 16.1. The van der Waals surface area contributed by atoms with Crippen molar-refractivity contribution >= 4 is 5.91 Å². The van der Waals surface area contributed by atoms with Crippen LogP contribution in [0.15, 0.2) is 0 Å². The molecule has 9 nitrogen and oxygen atoms in total. The molecule has 0 unspecified atom stereocenters. The van der Waals surface area contributed by atoms with E-state index in [4.69, 9.17) is 0 Å². The monoisotopic (exact) mass is 386 g/mol. The SMILES string of the molecule is CC1CCN(Cc2nnnn2CCCC(=O)NCc2n[nH]c3c2CCC3)CC1. The lowest BCUT2D eigenvalue weighted by Crippen LogP contribution is -2.33. The zero-order valence-electron chi connectivity index (χ0n) is 16.7. The number of tetrazole rings is 1. The quantitative estimate of drug-likeness (QED) is 0.707. The van der Waals surface area contributed by atoms with E-state index in [1.54, 1.807) is 0 Å². The average Bonchev–Trinajstić information content (AvgIpc) is 3.40. The van der Waals surface area contributed by atoms with Gasteiger partial charge in [-0.1, -0.05) is 6.92 Å². The van der Waals surface area contributed by atoms with E-state index in [0.717, 1.165) is 56.3 Å². The highest BCUT2D eigenvalue weighted by molar-refractivity contribution is 5.75. The van der Waals surface area contributed by atoms with Gasteiger partial charge >= 0.3 is 0 Å². The van der Waals surface area contributed by atoms with Crippen molar-refractivity contribution in [3.05, 3.63) is 22.8 Å². The lowest BCUT2D eigenvalue weighted by Gasteiger charge is -2.29. The zero-order valence-corrected chi connectivity index (χ0v) is 16.7. The van der Waals surface area contributed by atoms with Crippen LogP contribution in [0.25, 0.3) is 0 Å². The Labute approximate surface area is 165 Å². The van der Waals surface area contributed by atoms with Crippen molar-refractivity contribution in [2.75, 3.05) is 13.1 Å². The van der Waals surface area contributed by atoms with Gasteiger partial charge in [0.05, 0.1) is 18.8 Å². The fraction of sp³-hybridized carbons (Fsp3) is 0.737. The third-order valence-corrected chi connectivity index (χ3v) is 5.97. The lowest BCUT2D eigenvalue weighted by atomic mass is 9.99. The van der Waals surface area contributed by atoms with Crippen LogP contribution in [0.1, 0.15) is 61.8 Å². The summed E-state index contributed by atoms with van der Waals surface area (Å²) < 4.78 is 1.84. The molecule has 2 aliphatic rings. The first kappa shape index (κ1) is 19.0. The number of carbonyl (C=O) groups is 1. The van der Waals surface area contributed by atoms with Crippen molar-refractivity contribution in [1.82, 2.24) is 40.6 Å². The number of aromatic amines is 1. The van der Waals surface area contributed by atoms with Crippen LogP contribution in [-0.2, 0) is 37.3 Å². The molecule has 2 aromatic rings. The Morgan fingerprint density at radius 1 is 1.29 bits per heavy atom. The Hall–Kier alpha value is -2.29. The molecule has 0 saturated carbocycles. The van der Waals surface area contributed by atoms with E-state index < -0.39 is 0 Å². The molecule has 3 heterocycles. The van der Waals surface area contributed by atoms with Crippen molar-refractivity contribution in [1.29, 1.82) is 0 Å². The number of H-pyrrole nitrogens is 1. The number of amides is 1. The van der Waals surface area contributed by atoms with Gasteiger partial charge in [0.15, 0.2) is 5.82 Å². The van der Waals surface area contributed by atoms with Gasteiger partial charge in [0.1, 0.15) is 0 Å². The van der Waals surface area contributed by atoms with E-state index in [1.807, 2.05) is 4.68 Å². The Bertz CT molecular complexity index is 790. The Morgan fingerprint density at radius 3 is 3.00 bits per heavy atom. The molecule has 1 amide bonds. The molecule has 1 saturated heterocycles. The maximum absolute atomic E-state index is 12.2. The molecule has 28 heavy (non-hydrogen) atoms. The van der Waals surface area contributed by atoms with Gasteiger partial charge in [0.25, 0.3) is 0 Å². The predicted molar refractivity (Wildman–Crippen MR) is 103 cm³/mol. The molecule has 0 radical (unpaired) electrons. The smallest absolute Gasteiger partial charge is 0.220 e. The second-order valence-corrected chi connectivity index (χ2v) is 8.14.